The van der Waals surface area contributed by atoms with Gasteiger partial charge in [-0.3, -0.25) is 0 Å². The highest BCUT2D eigenvalue weighted by Crippen LogP contribution is 2.28. The van der Waals surface area contributed by atoms with Crippen LogP contribution in [-0.2, 0) is 0 Å². The summed E-state index contributed by atoms with van der Waals surface area (Å²) in [5.41, 5.74) is 2.24. The van der Waals surface area contributed by atoms with Gasteiger partial charge in [0.25, 0.3) is 5.22 Å². The maximum Gasteiger partial charge on any atom is 0.260 e. The average Bonchev–Trinajstić information content (AvgIpc) is 2.82. The molecule has 0 fully saturated rings. The molecule has 0 bridgehead atoms. The molecule has 0 spiro atoms. The number of hydrogen-bond donors (Lipinski definition) is 1. The molecule has 1 heterocycles. The molecule has 0 aliphatic heterocycles. The topological polar surface area (TPSA) is 38.1 Å². The second kappa shape index (κ2) is 6.78. The third kappa shape index (κ3) is 3.85. The molecule has 0 radical (unpaired) electrons. The summed E-state index contributed by atoms with van der Waals surface area (Å²) < 4.78 is 5.35. The molecular weight excluding hydrogens is 256 g/mol. The van der Waals surface area contributed by atoms with E-state index in [0.717, 1.165) is 23.6 Å². The van der Waals surface area contributed by atoms with Crippen LogP contribution < -0.4 is 5.32 Å². The minimum absolute atomic E-state index is 0.438. The fourth-order valence-electron chi connectivity index (χ4n) is 1.99. The Labute approximate surface area is 118 Å². The van der Waals surface area contributed by atoms with Gasteiger partial charge in [0, 0.05) is 10.9 Å². The Morgan fingerprint density at radius 1 is 1.26 bits per heavy atom. The largest absolute Gasteiger partial charge is 0.439 e. The normalized spacial score (nSPS) is 12.6. The molecule has 2 aromatic rings. The number of aromatic nitrogens is 1. The van der Waals surface area contributed by atoms with Gasteiger partial charge in [0.15, 0.2) is 0 Å². The Bertz CT molecular complexity index is 507. The van der Waals surface area contributed by atoms with Gasteiger partial charge in [-0.05, 0) is 49.3 Å². The van der Waals surface area contributed by atoms with Crippen molar-refractivity contribution in [3.63, 3.8) is 0 Å². The van der Waals surface area contributed by atoms with Crippen molar-refractivity contribution in [2.75, 3.05) is 6.54 Å². The Morgan fingerprint density at radius 2 is 2.00 bits per heavy atom. The lowest BCUT2D eigenvalue weighted by Crippen LogP contribution is -2.19. The SMILES string of the molecule is CCNC(CC)c1ccc(Sc2nc(C)co2)cc1. The molecule has 19 heavy (non-hydrogen) atoms. The van der Waals surface area contributed by atoms with Crippen molar-refractivity contribution in [2.45, 2.75) is 43.4 Å². The van der Waals surface area contributed by atoms with E-state index in [1.807, 2.05) is 6.92 Å². The van der Waals surface area contributed by atoms with Crippen molar-refractivity contribution in [3.8, 4) is 0 Å². The highest BCUT2D eigenvalue weighted by Gasteiger charge is 2.08. The fourth-order valence-corrected chi connectivity index (χ4v) is 2.75. The lowest BCUT2D eigenvalue weighted by molar-refractivity contribution is 0.454. The molecule has 1 atom stereocenters. The van der Waals surface area contributed by atoms with Crippen molar-refractivity contribution >= 4 is 11.8 Å². The first kappa shape index (κ1) is 14.2. The van der Waals surface area contributed by atoms with Crippen molar-refractivity contribution in [1.29, 1.82) is 0 Å². The predicted octanol–water partition coefficient (Wildman–Crippen LogP) is 4.19. The second-order valence-corrected chi connectivity index (χ2v) is 5.47. The van der Waals surface area contributed by atoms with E-state index >= 15 is 0 Å². The van der Waals surface area contributed by atoms with E-state index in [-0.39, 0.29) is 0 Å². The molecule has 2 rings (SSSR count). The third-order valence-corrected chi connectivity index (χ3v) is 3.81. The van der Waals surface area contributed by atoms with E-state index in [4.69, 9.17) is 4.42 Å². The van der Waals surface area contributed by atoms with E-state index in [0.29, 0.717) is 11.3 Å². The first-order valence-electron chi connectivity index (χ1n) is 6.66. The van der Waals surface area contributed by atoms with E-state index in [1.54, 1.807) is 18.0 Å². The van der Waals surface area contributed by atoms with Gasteiger partial charge in [-0.25, -0.2) is 4.98 Å². The van der Waals surface area contributed by atoms with Gasteiger partial charge in [0.05, 0.1) is 5.69 Å². The summed E-state index contributed by atoms with van der Waals surface area (Å²) in [7, 11) is 0. The van der Waals surface area contributed by atoms with Crippen LogP contribution in [-0.4, -0.2) is 11.5 Å². The molecule has 0 saturated heterocycles. The van der Waals surface area contributed by atoms with E-state index in [1.165, 1.54) is 5.56 Å². The minimum Gasteiger partial charge on any atom is -0.439 e. The van der Waals surface area contributed by atoms with Gasteiger partial charge in [0.1, 0.15) is 6.26 Å². The summed E-state index contributed by atoms with van der Waals surface area (Å²) in [5, 5.41) is 4.18. The molecule has 3 nitrogen and oxygen atoms in total. The lowest BCUT2D eigenvalue weighted by atomic mass is 10.1. The third-order valence-electron chi connectivity index (χ3n) is 2.94. The van der Waals surface area contributed by atoms with Gasteiger partial charge >= 0.3 is 0 Å². The van der Waals surface area contributed by atoms with Crippen molar-refractivity contribution < 1.29 is 4.42 Å². The number of oxazole rings is 1. The van der Waals surface area contributed by atoms with E-state index in [2.05, 4.69) is 48.4 Å². The molecule has 102 valence electrons. The lowest BCUT2D eigenvalue weighted by Gasteiger charge is -2.16. The standard InChI is InChI=1S/C15H20N2OS/c1-4-14(16-5-2)12-6-8-13(9-7-12)19-15-17-11(3)10-18-15/h6-10,14,16H,4-5H2,1-3H3. The highest BCUT2D eigenvalue weighted by molar-refractivity contribution is 7.99. The van der Waals surface area contributed by atoms with Gasteiger partial charge in [0.2, 0.25) is 0 Å². The highest BCUT2D eigenvalue weighted by atomic mass is 32.2. The number of aryl methyl sites for hydroxylation is 1. The summed E-state index contributed by atoms with van der Waals surface area (Å²) >= 11 is 1.55. The van der Waals surface area contributed by atoms with Crippen molar-refractivity contribution in [3.05, 3.63) is 41.8 Å². The molecule has 4 heteroatoms. The molecular formula is C15H20N2OS. The maximum atomic E-state index is 5.35. The van der Waals surface area contributed by atoms with Gasteiger partial charge in [-0.2, -0.15) is 0 Å². The molecule has 0 amide bonds. The molecule has 0 aliphatic carbocycles. The van der Waals surface area contributed by atoms with Gasteiger partial charge in [-0.1, -0.05) is 26.0 Å². The summed E-state index contributed by atoms with van der Waals surface area (Å²) in [6.45, 7) is 7.26. The molecule has 1 aromatic heterocycles. The van der Waals surface area contributed by atoms with E-state index in [9.17, 15) is 0 Å². The minimum atomic E-state index is 0.438. The van der Waals surface area contributed by atoms with Crippen LogP contribution in [0.5, 0.6) is 0 Å². The second-order valence-electron chi connectivity index (χ2n) is 4.44. The number of rotatable bonds is 6. The molecule has 1 N–H and O–H groups in total. The summed E-state index contributed by atoms with van der Waals surface area (Å²) in [6, 6.07) is 9.04. The zero-order chi connectivity index (χ0) is 13.7. The van der Waals surface area contributed by atoms with Crippen LogP contribution in [0, 0.1) is 6.92 Å². The van der Waals surface area contributed by atoms with Crippen molar-refractivity contribution in [2.24, 2.45) is 0 Å². The first-order chi connectivity index (χ1) is 9.22. The van der Waals surface area contributed by atoms with Crippen LogP contribution in [0.25, 0.3) is 0 Å². The molecule has 0 saturated carbocycles. The molecule has 1 unspecified atom stereocenters. The molecule has 1 aromatic carbocycles. The number of hydrogen-bond acceptors (Lipinski definition) is 4. The summed E-state index contributed by atoms with van der Waals surface area (Å²) in [6.07, 6.45) is 2.77. The van der Waals surface area contributed by atoms with Crippen molar-refractivity contribution in [1.82, 2.24) is 10.3 Å². The molecule has 0 aliphatic rings. The quantitative estimate of drug-likeness (QED) is 0.858. The number of nitrogens with zero attached hydrogens (tertiary/aromatic N) is 1. The van der Waals surface area contributed by atoms with E-state index < -0.39 is 0 Å². The van der Waals surface area contributed by atoms with Gasteiger partial charge in [-0.15, -0.1) is 0 Å². The Balaban J connectivity index is 2.05. The van der Waals surface area contributed by atoms with Crippen LogP contribution in [0.4, 0.5) is 0 Å². The summed E-state index contributed by atoms with van der Waals surface area (Å²) in [4.78, 5) is 5.44. The Morgan fingerprint density at radius 3 is 2.53 bits per heavy atom. The van der Waals surface area contributed by atoms with Crippen LogP contribution in [0.3, 0.4) is 0 Å². The zero-order valence-electron chi connectivity index (χ0n) is 11.6. The summed E-state index contributed by atoms with van der Waals surface area (Å²) in [5.74, 6) is 0. The maximum absolute atomic E-state index is 5.35. The van der Waals surface area contributed by atoms with Crippen LogP contribution in [0.15, 0.2) is 45.1 Å². The first-order valence-corrected chi connectivity index (χ1v) is 7.48. The smallest absolute Gasteiger partial charge is 0.260 e. The fraction of sp³-hybridized carbons (Fsp3) is 0.400. The number of benzene rings is 1. The number of nitrogens with one attached hydrogen (secondary N) is 1. The van der Waals surface area contributed by atoms with Gasteiger partial charge < -0.3 is 9.73 Å². The Hall–Kier alpha value is -1.26. The Kier molecular flexibility index (Phi) is 5.05. The van der Waals surface area contributed by atoms with Crippen LogP contribution in [0.2, 0.25) is 0 Å². The van der Waals surface area contributed by atoms with Crippen LogP contribution in [0.1, 0.15) is 37.6 Å². The van der Waals surface area contributed by atoms with Crippen LogP contribution >= 0.6 is 11.8 Å². The monoisotopic (exact) mass is 276 g/mol. The predicted molar refractivity (Wildman–Crippen MR) is 78.5 cm³/mol. The average molecular weight is 276 g/mol. The zero-order valence-corrected chi connectivity index (χ0v) is 12.5.